The van der Waals surface area contributed by atoms with Crippen molar-refractivity contribution in [3.8, 4) is 0 Å². The summed E-state index contributed by atoms with van der Waals surface area (Å²) in [4.78, 5) is 13.5. The van der Waals surface area contributed by atoms with Crippen LogP contribution in [0.3, 0.4) is 0 Å². The fourth-order valence-corrected chi connectivity index (χ4v) is 1.90. The second kappa shape index (κ2) is 3.96. The molecule has 3 heteroatoms. The average molecular weight is 193 g/mol. The van der Waals surface area contributed by atoms with Gasteiger partial charge in [0, 0.05) is 13.1 Å². The number of esters is 1. The number of hydrogen-bond acceptors (Lipinski definition) is 3. The molecule has 2 rings (SSSR count). The van der Waals surface area contributed by atoms with Gasteiger partial charge in [0.25, 0.3) is 0 Å². The number of carbonyl (C=O) groups is 1. The number of likely N-dealkylation sites (tertiary alicyclic amines) is 1. The van der Waals surface area contributed by atoms with Crippen molar-refractivity contribution in [2.75, 3.05) is 20.2 Å². The first-order valence-corrected chi connectivity index (χ1v) is 4.97. The van der Waals surface area contributed by atoms with E-state index in [9.17, 15) is 4.79 Å². The maximum Gasteiger partial charge on any atom is 0.323 e. The Morgan fingerprint density at radius 2 is 2.57 bits per heavy atom. The molecule has 3 nitrogen and oxygen atoms in total. The van der Waals surface area contributed by atoms with E-state index in [0.29, 0.717) is 0 Å². The predicted octanol–water partition coefficient (Wildman–Crippen LogP) is 1.12. The van der Waals surface area contributed by atoms with E-state index in [-0.39, 0.29) is 12.0 Å². The lowest BCUT2D eigenvalue weighted by molar-refractivity contribution is -0.151. The second-order valence-corrected chi connectivity index (χ2v) is 3.76. The van der Waals surface area contributed by atoms with Crippen molar-refractivity contribution in [3.63, 3.8) is 0 Å². The molecule has 14 heavy (non-hydrogen) atoms. The van der Waals surface area contributed by atoms with Gasteiger partial charge in [-0.15, -0.1) is 0 Å². The molecule has 0 spiro atoms. The lowest BCUT2D eigenvalue weighted by atomic mass is 10.0. The van der Waals surface area contributed by atoms with Crippen molar-refractivity contribution < 1.29 is 9.53 Å². The number of hydrogen-bond donors (Lipinski definition) is 0. The molecule has 1 aliphatic heterocycles. The van der Waals surface area contributed by atoms with Gasteiger partial charge in [0.05, 0.1) is 7.11 Å². The maximum atomic E-state index is 11.3. The van der Waals surface area contributed by atoms with E-state index in [1.807, 2.05) is 0 Å². The summed E-state index contributed by atoms with van der Waals surface area (Å²) < 4.78 is 4.73. The number of carbonyl (C=O) groups excluding carboxylic acids is 1. The topological polar surface area (TPSA) is 29.5 Å². The Bertz CT molecular complexity index is 294. The number of ether oxygens (including phenoxy) is 1. The zero-order valence-electron chi connectivity index (χ0n) is 8.40. The lowest BCUT2D eigenvalue weighted by Crippen LogP contribution is -2.53. The van der Waals surface area contributed by atoms with Crippen LogP contribution < -0.4 is 0 Å². The van der Waals surface area contributed by atoms with Crippen molar-refractivity contribution in [2.24, 2.45) is 0 Å². The summed E-state index contributed by atoms with van der Waals surface area (Å²) in [6.45, 7) is 1.92. The molecule has 1 saturated heterocycles. The summed E-state index contributed by atoms with van der Waals surface area (Å²) >= 11 is 0. The monoisotopic (exact) mass is 193 g/mol. The Morgan fingerprint density at radius 1 is 1.71 bits per heavy atom. The third-order valence-electron chi connectivity index (χ3n) is 2.86. The summed E-state index contributed by atoms with van der Waals surface area (Å²) in [6, 6.07) is 0.00139. The molecule has 0 amide bonds. The van der Waals surface area contributed by atoms with Gasteiger partial charge in [-0.2, -0.15) is 0 Å². The van der Waals surface area contributed by atoms with Crippen LogP contribution in [0.25, 0.3) is 0 Å². The number of nitrogens with zero attached hydrogens (tertiary/aromatic N) is 1. The Kier molecular flexibility index (Phi) is 2.68. The quantitative estimate of drug-likeness (QED) is 0.629. The van der Waals surface area contributed by atoms with E-state index >= 15 is 0 Å². The van der Waals surface area contributed by atoms with Gasteiger partial charge in [0.1, 0.15) is 6.04 Å². The molecule has 0 radical (unpaired) electrons. The van der Waals surface area contributed by atoms with Gasteiger partial charge in [-0.25, -0.2) is 0 Å². The average Bonchev–Trinajstić information content (AvgIpc) is 2.64. The van der Waals surface area contributed by atoms with Crippen molar-refractivity contribution in [1.29, 1.82) is 0 Å². The highest BCUT2D eigenvalue weighted by atomic mass is 16.5. The fraction of sp³-hybridized carbons (Fsp3) is 0.545. The van der Waals surface area contributed by atoms with E-state index in [1.54, 1.807) is 0 Å². The first-order valence-electron chi connectivity index (χ1n) is 4.97. The molecule has 1 atom stereocenters. The highest BCUT2D eigenvalue weighted by Crippen LogP contribution is 2.22. The van der Waals surface area contributed by atoms with Gasteiger partial charge in [0.15, 0.2) is 0 Å². The zero-order chi connectivity index (χ0) is 9.97. The van der Waals surface area contributed by atoms with Gasteiger partial charge < -0.3 is 4.74 Å². The molecule has 1 fully saturated rings. The molecule has 0 unspecified atom stereocenters. The number of allylic oxidation sites excluding steroid dienone is 3. The van der Waals surface area contributed by atoms with Crippen LogP contribution in [0.5, 0.6) is 0 Å². The molecule has 0 bridgehead atoms. The van der Waals surface area contributed by atoms with Crippen molar-refractivity contribution in [3.05, 3.63) is 23.8 Å². The van der Waals surface area contributed by atoms with Crippen LogP contribution in [0.1, 0.15) is 12.8 Å². The fourth-order valence-electron chi connectivity index (χ4n) is 1.90. The SMILES string of the molecule is COC(=O)[C@@H]1CCN1CC1=CC=CC1. The van der Waals surface area contributed by atoms with Crippen molar-refractivity contribution >= 4 is 5.97 Å². The molecule has 1 heterocycles. The minimum atomic E-state index is -0.0946. The minimum absolute atomic E-state index is 0.00139. The number of methoxy groups -OCH3 is 1. The Hall–Kier alpha value is -1.09. The lowest BCUT2D eigenvalue weighted by Gasteiger charge is -2.38. The molecule has 0 aromatic heterocycles. The molecule has 1 aliphatic carbocycles. The van der Waals surface area contributed by atoms with Crippen LogP contribution in [-0.4, -0.2) is 37.1 Å². The van der Waals surface area contributed by atoms with Crippen LogP contribution in [-0.2, 0) is 9.53 Å². The summed E-state index contributed by atoms with van der Waals surface area (Å²) in [5.41, 5.74) is 1.39. The van der Waals surface area contributed by atoms with Gasteiger partial charge in [-0.05, 0) is 12.8 Å². The molecule has 2 aliphatic rings. The van der Waals surface area contributed by atoms with Gasteiger partial charge in [0.2, 0.25) is 0 Å². The van der Waals surface area contributed by atoms with Crippen LogP contribution in [0.2, 0.25) is 0 Å². The summed E-state index contributed by atoms with van der Waals surface area (Å²) in [5, 5.41) is 0. The minimum Gasteiger partial charge on any atom is -0.468 e. The van der Waals surface area contributed by atoms with E-state index in [1.165, 1.54) is 12.7 Å². The normalized spacial score (nSPS) is 25.8. The van der Waals surface area contributed by atoms with E-state index in [2.05, 4.69) is 23.1 Å². The largest absolute Gasteiger partial charge is 0.468 e. The van der Waals surface area contributed by atoms with Crippen molar-refractivity contribution in [1.82, 2.24) is 4.90 Å². The maximum absolute atomic E-state index is 11.3. The Labute approximate surface area is 84.0 Å². The van der Waals surface area contributed by atoms with Crippen LogP contribution in [0.15, 0.2) is 23.8 Å². The Morgan fingerprint density at radius 3 is 3.07 bits per heavy atom. The smallest absolute Gasteiger partial charge is 0.323 e. The third kappa shape index (κ3) is 1.73. The van der Waals surface area contributed by atoms with E-state index in [0.717, 1.165) is 25.9 Å². The van der Waals surface area contributed by atoms with Crippen LogP contribution in [0, 0.1) is 0 Å². The first-order chi connectivity index (χ1) is 6.81. The Balaban J connectivity index is 1.84. The van der Waals surface area contributed by atoms with Crippen LogP contribution >= 0.6 is 0 Å². The van der Waals surface area contributed by atoms with E-state index in [4.69, 9.17) is 4.74 Å². The highest BCUT2D eigenvalue weighted by Gasteiger charge is 2.34. The molecule has 76 valence electrons. The van der Waals surface area contributed by atoms with Gasteiger partial charge >= 0.3 is 5.97 Å². The highest BCUT2D eigenvalue weighted by molar-refractivity contribution is 5.76. The van der Waals surface area contributed by atoms with Crippen LogP contribution in [0.4, 0.5) is 0 Å². The summed E-state index contributed by atoms with van der Waals surface area (Å²) in [6.07, 6.45) is 8.31. The van der Waals surface area contributed by atoms with Gasteiger partial charge in [-0.3, -0.25) is 9.69 Å². The first kappa shape index (κ1) is 9.46. The molecule has 0 aromatic rings. The zero-order valence-corrected chi connectivity index (χ0v) is 8.40. The van der Waals surface area contributed by atoms with Crippen molar-refractivity contribution in [2.45, 2.75) is 18.9 Å². The van der Waals surface area contributed by atoms with Gasteiger partial charge in [-0.1, -0.05) is 23.8 Å². The summed E-state index contributed by atoms with van der Waals surface area (Å²) in [5.74, 6) is -0.0946. The predicted molar refractivity (Wildman–Crippen MR) is 53.8 cm³/mol. The molecular formula is C11H15NO2. The second-order valence-electron chi connectivity index (χ2n) is 3.76. The molecular weight excluding hydrogens is 178 g/mol. The number of rotatable bonds is 3. The third-order valence-corrected chi connectivity index (χ3v) is 2.86. The standard InChI is InChI=1S/C11H15NO2/c1-14-11(13)10-6-7-12(10)8-9-4-2-3-5-9/h2-4,10H,5-8H2,1H3/t10-/m0/s1. The summed E-state index contributed by atoms with van der Waals surface area (Å²) in [7, 11) is 1.45. The molecule has 0 aromatic carbocycles. The molecule has 0 N–H and O–H groups in total. The van der Waals surface area contributed by atoms with E-state index < -0.39 is 0 Å². The molecule has 0 saturated carbocycles.